The molecule has 0 spiro atoms. The van der Waals surface area contributed by atoms with Crippen molar-refractivity contribution in [2.24, 2.45) is 0 Å². The number of carbonyl (C=O) groups is 1. The Bertz CT molecular complexity index is 146. The summed E-state index contributed by atoms with van der Waals surface area (Å²) in [4.78, 5) is 12.9. The van der Waals surface area contributed by atoms with E-state index in [9.17, 15) is 4.79 Å². The maximum absolute atomic E-state index is 11.1. The van der Waals surface area contributed by atoms with Gasteiger partial charge in [0.15, 0.2) is 0 Å². The highest BCUT2D eigenvalue weighted by atomic mass is 31.1. The van der Waals surface area contributed by atoms with Gasteiger partial charge in [-0.3, -0.25) is 4.79 Å². The van der Waals surface area contributed by atoms with E-state index in [1.54, 1.807) is 17.1 Å². The summed E-state index contributed by atoms with van der Waals surface area (Å²) in [5, 5.41) is 0. The van der Waals surface area contributed by atoms with Gasteiger partial charge in [0.2, 0.25) is 5.65 Å². The predicted molar refractivity (Wildman–Crippen MR) is 51.6 cm³/mol. The summed E-state index contributed by atoms with van der Waals surface area (Å²) < 4.78 is 0. The van der Waals surface area contributed by atoms with Crippen molar-refractivity contribution >= 4 is 14.2 Å². The van der Waals surface area contributed by atoms with Crippen molar-refractivity contribution in [3.63, 3.8) is 0 Å². The molecule has 11 heavy (non-hydrogen) atoms. The van der Waals surface area contributed by atoms with Crippen molar-refractivity contribution in [2.75, 3.05) is 19.8 Å². The third-order valence-corrected chi connectivity index (χ3v) is 1.94. The van der Waals surface area contributed by atoms with E-state index in [0.29, 0.717) is 21.7 Å². The third kappa shape index (κ3) is 3.94. The zero-order chi connectivity index (χ0) is 8.69. The average molecular weight is 171 g/mol. The minimum Gasteiger partial charge on any atom is -0.332 e. The Morgan fingerprint density at radius 1 is 1.45 bits per heavy atom. The van der Waals surface area contributed by atoms with Crippen LogP contribution in [0.15, 0.2) is 25.3 Å². The molecule has 1 atom stereocenters. The zero-order valence-corrected chi connectivity index (χ0v) is 7.84. The van der Waals surface area contributed by atoms with E-state index < -0.39 is 0 Å². The number of hydrogen-bond acceptors (Lipinski definition) is 1. The fourth-order valence-electron chi connectivity index (χ4n) is 0.710. The Hall–Kier alpha value is -0.620. The van der Waals surface area contributed by atoms with Gasteiger partial charge >= 0.3 is 0 Å². The van der Waals surface area contributed by atoms with Gasteiger partial charge in [-0.2, -0.15) is 0 Å². The van der Waals surface area contributed by atoms with E-state index in [-0.39, 0.29) is 5.65 Å². The first kappa shape index (κ1) is 10.4. The van der Waals surface area contributed by atoms with Crippen molar-refractivity contribution in [3.8, 4) is 0 Å². The minimum absolute atomic E-state index is 0.171. The summed E-state index contributed by atoms with van der Waals surface area (Å²) in [5.41, 5.74) is 0.171. The average Bonchev–Trinajstić information content (AvgIpc) is 2.03. The molecule has 0 radical (unpaired) electrons. The first-order chi connectivity index (χ1) is 5.26. The number of nitrogens with zero attached hydrogens (tertiary/aromatic N) is 1. The van der Waals surface area contributed by atoms with Crippen molar-refractivity contribution < 1.29 is 4.79 Å². The van der Waals surface area contributed by atoms with Gasteiger partial charge in [0.05, 0.1) is 0 Å². The Kier molecular flexibility index (Phi) is 5.77. The van der Waals surface area contributed by atoms with Gasteiger partial charge in [-0.15, -0.1) is 13.2 Å². The van der Waals surface area contributed by atoms with Crippen molar-refractivity contribution in [1.82, 2.24) is 4.90 Å². The lowest BCUT2D eigenvalue weighted by molar-refractivity contribution is 0.232. The first-order valence-electron chi connectivity index (χ1n) is 3.44. The largest absolute Gasteiger partial charge is 0.332 e. The van der Waals surface area contributed by atoms with Crippen LogP contribution in [0.25, 0.3) is 0 Å². The van der Waals surface area contributed by atoms with Crippen LogP contribution in [0, 0.1) is 0 Å². The molecular formula is C8H14NOP. The van der Waals surface area contributed by atoms with Gasteiger partial charge in [-0.25, -0.2) is 0 Å². The standard InChI is InChI=1S/C8H14NOP/c1-4-6-9(7-5-2)8(10)11-3/h4-5,11H,1-2,6-7H2,3H3. The molecule has 1 unspecified atom stereocenters. The van der Waals surface area contributed by atoms with E-state index in [4.69, 9.17) is 0 Å². The summed E-state index contributed by atoms with van der Waals surface area (Å²) in [7, 11) is 0.323. The second-order valence-electron chi connectivity index (χ2n) is 2.04. The van der Waals surface area contributed by atoms with Gasteiger partial charge in [-0.1, -0.05) is 12.2 Å². The van der Waals surface area contributed by atoms with Crippen LogP contribution in [-0.2, 0) is 0 Å². The molecule has 0 fully saturated rings. The smallest absolute Gasteiger partial charge is 0.240 e. The fraction of sp³-hybridized carbons (Fsp3) is 0.375. The van der Waals surface area contributed by atoms with Crippen LogP contribution >= 0.6 is 8.58 Å². The van der Waals surface area contributed by atoms with Crippen LogP contribution in [0.5, 0.6) is 0 Å². The van der Waals surface area contributed by atoms with E-state index in [1.165, 1.54) is 0 Å². The zero-order valence-electron chi connectivity index (χ0n) is 6.84. The molecule has 0 bridgehead atoms. The van der Waals surface area contributed by atoms with Crippen molar-refractivity contribution in [3.05, 3.63) is 25.3 Å². The van der Waals surface area contributed by atoms with Gasteiger partial charge in [0.25, 0.3) is 0 Å². The number of carbonyl (C=O) groups excluding carboxylic acids is 1. The summed E-state index contributed by atoms with van der Waals surface area (Å²) in [6.45, 7) is 10.3. The van der Waals surface area contributed by atoms with Crippen LogP contribution in [-0.4, -0.2) is 30.3 Å². The summed E-state index contributed by atoms with van der Waals surface area (Å²) in [6.07, 6.45) is 3.45. The topological polar surface area (TPSA) is 20.3 Å². The first-order valence-corrected chi connectivity index (χ1v) is 4.94. The molecule has 0 aliphatic heterocycles. The summed E-state index contributed by atoms with van der Waals surface area (Å²) in [6, 6.07) is 0. The van der Waals surface area contributed by atoms with Gasteiger partial charge in [0.1, 0.15) is 0 Å². The van der Waals surface area contributed by atoms with E-state index in [2.05, 4.69) is 13.2 Å². The Labute approximate surface area is 69.8 Å². The molecule has 3 heteroatoms. The van der Waals surface area contributed by atoms with E-state index in [1.807, 2.05) is 6.66 Å². The van der Waals surface area contributed by atoms with Crippen LogP contribution in [0.1, 0.15) is 0 Å². The Morgan fingerprint density at radius 3 is 2.18 bits per heavy atom. The SMILES string of the molecule is C=CCN(CC=C)C(=O)PC. The quantitative estimate of drug-likeness (QED) is 0.458. The fourth-order valence-corrected chi connectivity index (χ4v) is 1.21. The lowest BCUT2D eigenvalue weighted by Gasteiger charge is -2.17. The normalized spacial score (nSPS) is 9.91. The second-order valence-corrected chi connectivity index (χ2v) is 2.97. The molecule has 0 aromatic rings. The molecule has 0 aliphatic rings. The van der Waals surface area contributed by atoms with E-state index >= 15 is 0 Å². The highest BCUT2D eigenvalue weighted by molar-refractivity contribution is 7.56. The Balaban J connectivity index is 3.95. The molecule has 0 N–H and O–H groups in total. The van der Waals surface area contributed by atoms with Crippen molar-refractivity contribution in [1.29, 1.82) is 0 Å². The molecule has 0 aromatic heterocycles. The number of rotatable bonds is 5. The van der Waals surface area contributed by atoms with Gasteiger partial charge in [0, 0.05) is 13.1 Å². The van der Waals surface area contributed by atoms with Crippen LogP contribution in [0.3, 0.4) is 0 Å². The maximum Gasteiger partial charge on any atom is 0.240 e. The third-order valence-electron chi connectivity index (χ3n) is 1.20. The molecule has 62 valence electrons. The van der Waals surface area contributed by atoms with Gasteiger partial charge < -0.3 is 4.90 Å². The number of amides is 1. The maximum atomic E-state index is 11.1. The molecule has 0 heterocycles. The lowest BCUT2D eigenvalue weighted by Crippen LogP contribution is -2.26. The molecule has 0 saturated carbocycles. The van der Waals surface area contributed by atoms with Crippen LogP contribution in [0.4, 0.5) is 4.79 Å². The number of hydrogen-bond donors (Lipinski definition) is 0. The molecule has 0 aromatic carbocycles. The monoisotopic (exact) mass is 171 g/mol. The molecule has 1 amide bonds. The highest BCUT2D eigenvalue weighted by Gasteiger charge is 2.05. The molecule has 0 saturated heterocycles. The van der Waals surface area contributed by atoms with Crippen LogP contribution < -0.4 is 0 Å². The van der Waals surface area contributed by atoms with Crippen molar-refractivity contribution in [2.45, 2.75) is 0 Å². The van der Waals surface area contributed by atoms with Gasteiger partial charge in [-0.05, 0) is 15.2 Å². The molecule has 2 nitrogen and oxygen atoms in total. The second kappa shape index (κ2) is 6.11. The predicted octanol–water partition coefficient (Wildman–Crippen LogP) is 2.09. The molecule has 0 aliphatic carbocycles. The van der Waals surface area contributed by atoms with E-state index in [0.717, 1.165) is 0 Å². The summed E-state index contributed by atoms with van der Waals surface area (Å²) >= 11 is 0. The Morgan fingerprint density at radius 2 is 1.91 bits per heavy atom. The molecule has 0 rings (SSSR count). The molecular weight excluding hydrogens is 157 g/mol. The lowest BCUT2D eigenvalue weighted by atomic mass is 10.5. The minimum atomic E-state index is 0.171. The summed E-state index contributed by atoms with van der Waals surface area (Å²) in [5.74, 6) is 0. The highest BCUT2D eigenvalue weighted by Crippen LogP contribution is 2.10. The van der Waals surface area contributed by atoms with Crippen LogP contribution in [0.2, 0.25) is 0 Å².